The molecule has 1 atom stereocenters. The van der Waals surface area contributed by atoms with Crippen LogP contribution in [0.4, 0.5) is 0 Å². The maximum Gasteiger partial charge on any atom is 0.250 e. The number of hydrogen-bond acceptors (Lipinski definition) is 3. The number of likely N-dealkylation sites (tertiary alicyclic amines) is 1. The lowest BCUT2D eigenvalue weighted by molar-refractivity contribution is 0.156. The number of ether oxygens (including phenoxy) is 1. The summed E-state index contributed by atoms with van der Waals surface area (Å²) >= 11 is 0. The number of pyridine rings is 1. The fourth-order valence-electron chi connectivity index (χ4n) is 4.22. The average Bonchev–Trinajstić information content (AvgIpc) is 3.38. The molecule has 0 bridgehead atoms. The standard InChI is InChI=1S/C23H30N4O2.HI/c1-2-24-22(27-13-10-23(17-27)11-14-29-18-23)25-15-19-6-8-20(9-7-19)16-26-12-4-3-5-21(26)28;/h3-9,12H,2,10-11,13-18H2,1H3,(H,24,25);1H. The van der Waals surface area contributed by atoms with E-state index in [-0.39, 0.29) is 29.5 Å². The van der Waals surface area contributed by atoms with Crippen LogP contribution in [-0.2, 0) is 17.8 Å². The van der Waals surface area contributed by atoms with Crippen molar-refractivity contribution in [3.63, 3.8) is 0 Å². The molecule has 6 nitrogen and oxygen atoms in total. The SMILES string of the molecule is CCNC(=NCc1ccc(Cn2ccccc2=O)cc1)N1CCC2(CCOC2)C1.I. The minimum Gasteiger partial charge on any atom is -0.381 e. The Labute approximate surface area is 195 Å². The van der Waals surface area contributed by atoms with E-state index in [1.807, 2.05) is 12.3 Å². The molecule has 1 N–H and O–H groups in total. The first kappa shape index (κ1) is 22.8. The van der Waals surface area contributed by atoms with Crippen LogP contribution in [0, 0.1) is 5.41 Å². The summed E-state index contributed by atoms with van der Waals surface area (Å²) < 4.78 is 7.37. The minimum absolute atomic E-state index is 0. The van der Waals surface area contributed by atoms with Crippen molar-refractivity contribution in [2.45, 2.75) is 32.9 Å². The quantitative estimate of drug-likeness (QED) is 0.373. The second-order valence-electron chi connectivity index (χ2n) is 8.13. The normalized spacial score (nSPS) is 21.1. The molecule has 1 spiro atoms. The van der Waals surface area contributed by atoms with Gasteiger partial charge < -0.3 is 19.5 Å². The number of aromatic nitrogens is 1. The zero-order valence-electron chi connectivity index (χ0n) is 17.5. The lowest BCUT2D eigenvalue weighted by Gasteiger charge is -2.25. The summed E-state index contributed by atoms with van der Waals surface area (Å²) in [6, 6.07) is 13.6. The molecule has 1 unspecified atom stereocenters. The van der Waals surface area contributed by atoms with Gasteiger partial charge in [0.2, 0.25) is 0 Å². The Balaban J connectivity index is 0.00000256. The number of benzene rings is 1. The molecule has 0 aliphatic carbocycles. The van der Waals surface area contributed by atoms with Crippen LogP contribution in [0.25, 0.3) is 0 Å². The fraction of sp³-hybridized carbons (Fsp3) is 0.478. The number of hydrogen-bond donors (Lipinski definition) is 1. The third-order valence-electron chi connectivity index (χ3n) is 5.94. The maximum absolute atomic E-state index is 11.9. The predicted octanol–water partition coefficient (Wildman–Crippen LogP) is 3.09. The molecule has 162 valence electrons. The molecule has 1 aromatic carbocycles. The highest BCUT2D eigenvalue weighted by atomic mass is 127. The summed E-state index contributed by atoms with van der Waals surface area (Å²) in [5.74, 6) is 0.996. The van der Waals surface area contributed by atoms with Crippen LogP contribution in [0.15, 0.2) is 58.4 Å². The second kappa shape index (κ2) is 10.4. The summed E-state index contributed by atoms with van der Waals surface area (Å²) in [5, 5.41) is 3.45. The molecular weight excluding hydrogens is 491 g/mol. The average molecular weight is 522 g/mol. The van der Waals surface area contributed by atoms with Gasteiger partial charge in [0.05, 0.1) is 19.7 Å². The number of rotatable bonds is 5. The molecule has 4 rings (SSSR count). The zero-order chi connectivity index (χ0) is 20.1. The number of nitrogens with one attached hydrogen (secondary N) is 1. The highest BCUT2D eigenvalue weighted by Gasteiger charge is 2.42. The molecule has 3 heterocycles. The Morgan fingerprint density at radius 1 is 1.17 bits per heavy atom. The first-order chi connectivity index (χ1) is 14.2. The lowest BCUT2D eigenvalue weighted by Crippen LogP contribution is -2.41. The number of nitrogens with zero attached hydrogens (tertiary/aromatic N) is 3. The van der Waals surface area contributed by atoms with Crippen LogP contribution >= 0.6 is 24.0 Å². The topological polar surface area (TPSA) is 58.9 Å². The summed E-state index contributed by atoms with van der Waals surface area (Å²) in [6.45, 7) is 8.06. The number of guanidine groups is 1. The van der Waals surface area contributed by atoms with Crippen molar-refractivity contribution in [1.82, 2.24) is 14.8 Å². The van der Waals surface area contributed by atoms with Crippen LogP contribution in [0.2, 0.25) is 0 Å². The third kappa shape index (κ3) is 5.43. The van der Waals surface area contributed by atoms with Crippen molar-refractivity contribution in [3.05, 3.63) is 70.1 Å². The van der Waals surface area contributed by atoms with Crippen molar-refractivity contribution in [2.24, 2.45) is 10.4 Å². The van der Waals surface area contributed by atoms with E-state index in [2.05, 4.69) is 41.4 Å². The van der Waals surface area contributed by atoms with Crippen LogP contribution < -0.4 is 10.9 Å². The smallest absolute Gasteiger partial charge is 0.250 e. The van der Waals surface area contributed by atoms with E-state index >= 15 is 0 Å². The fourth-order valence-corrected chi connectivity index (χ4v) is 4.22. The monoisotopic (exact) mass is 522 g/mol. The second-order valence-corrected chi connectivity index (χ2v) is 8.13. The Kier molecular flexibility index (Phi) is 7.93. The van der Waals surface area contributed by atoms with Crippen LogP contribution in [-0.4, -0.2) is 48.3 Å². The first-order valence-electron chi connectivity index (χ1n) is 10.5. The van der Waals surface area contributed by atoms with E-state index < -0.39 is 0 Å². The van der Waals surface area contributed by atoms with Gasteiger partial charge in [-0.15, -0.1) is 24.0 Å². The van der Waals surface area contributed by atoms with E-state index in [0.29, 0.717) is 18.5 Å². The summed E-state index contributed by atoms with van der Waals surface area (Å²) in [6.07, 6.45) is 4.17. The molecule has 2 aromatic rings. The maximum atomic E-state index is 11.9. The molecular formula is C23H31IN4O2. The van der Waals surface area contributed by atoms with Gasteiger partial charge in [-0.2, -0.15) is 0 Å². The summed E-state index contributed by atoms with van der Waals surface area (Å²) in [4.78, 5) is 19.1. The molecule has 7 heteroatoms. The molecule has 1 aromatic heterocycles. The van der Waals surface area contributed by atoms with Gasteiger partial charge in [-0.05, 0) is 37.0 Å². The number of halogens is 1. The van der Waals surface area contributed by atoms with E-state index in [0.717, 1.165) is 50.8 Å². The molecule has 0 amide bonds. The minimum atomic E-state index is 0. The van der Waals surface area contributed by atoms with Gasteiger partial charge in [0.25, 0.3) is 5.56 Å². The van der Waals surface area contributed by atoms with Gasteiger partial charge >= 0.3 is 0 Å². The van der Waals surface area contributed by atoms with Gasteiger partial charge in [-0.3, -0.25) is 4.79 Å². The van der Waals surface area contributed by atoms with Crippen LogP contribution in [0.5, 0.6) is 0 Å². The Bertz CT molecular complexity index is 904. The van der Waals surface area contributed by atoms with Crippen molar-refractivity contribution in [2.75, 3.05) is 32.8 Å². The van der Waals surface area contributed by atoms with Crippen LogP contribution in [0.1, 0.15) is 30.9 Å². The molecule has 0 radical (unpaired) electrons. The molecule has 0 saturated carbocycles. The molecule has 2 saturated heterocycles. The zero-order valence-corrected chi connectivity index (χ0v) is 19.9. The molecule has 2 aliphatic rings. The number of aliphatic imine (C=N–C) groups is 1. The first-order valence-corrected chi connectivity index (χ1v) is 10.5. The van der Waals surface area contributed by atoms with E-state index in [4.69, 9.17) is 9.73 Å². The summed E-state index contributed by atoms with van der Waals surface area (Å²) in [7, 11) is 0. The lowest BCUT2D eigenvalue weighted by atomic mass is 9.87. The van der Waals surface area contributed by atoms with E-state index in [9.17, 15) is 4.79 Å². The van der Waals surface area contributed by atoms with Gasteiger partial charge in [0.15, 0.2) is 5.96 Å². The van der Waals surface area contributed by atoms with Crippen LogP contribution in [0.3, 0.4) is 0 Å². The highest BCUT2D eigenvalue weighted by molar-refractivity contribution is 14.0. The molecule has 2 fully saturated rings. The highest BCUT2D eigenvalue weighted by Crippen LogP contribution is 2.38. The Hall–Kier alpha value is -1.87. The molecule has 2 aliphatic heterocycles. The van der Waals surface area contributed by atoms with E-state index in [1.165, 1.54) is 12.0 Å². The van der Waals surface area contributed by atoms with Crippen molar-refractivity contribution < 1.29 is 4.74 Å². The largest absolute Gasteiger partial charge is 0.381 e. The Morgan fingerprint density at radius 2 is 1.97 bits per heavy atom. The third-order valence-corrected chi connectivity index (χ3v) is 5.94. The molecule has 30 heavy (non-hydrogen) atoms. The van der Waals surface area contributed by atoms with Crippen molar-refractivity contribution in [1.29, 1.82) is 0 Å². The van der Waals surface area contributed by atoms with E-state index in [1.54, 1.807) is 16.7 Å². The van der Waals surface area contributed by atoms with Gasteiger partial charge in [0.1, 0.15) is 0 Å². The summed E-state index contributed by atoms with van der Waals surface area (Å²) in [5.41, 5.74) is 2.63. The van der Waals surface area contributed by atoms with Crippen molar-refractivity contribution >= 4 is 29.9 Å². The van der Waals surface area contributed by atoms with Gasteiger partial charge in [0, 0.05) is 43.9 Å². The predicted molar refractivity (Wildman–Crippen MR) is 131 cm³/mol. The van der Waals surface area contributed by atoms with Gasteiger partial charge in [-0.25, -0.2) is 4.99 Å². The van der Waals surface area contributed by atoms with Crippen molar-refractivity contribution in [3.8, 4) is 0 Å². The van der Waals surface area contributed by atoms with Gasteiger partial charge in [-0.1, -0.05) is 30.3 Å². The Morgan fingerprint density at radius 3 is 2.67 bits per heavy atom.